The van der Waals surface area contributed by atoms with E-state index in [0.29, 0.717) is 36.6 Å². The summed E-state index contributed by atoms with van der Waals surface area (Å²) in [6.07, 6.45) is -0.697. The number of nitrogens with one attached hydrogen (secondary N) is 1. The first-order valence-corrected chi connectivity index (χ1v) is 11.9. The molecule has 2 aliphatic rings. The lowest BCUT2D eigenvalue weighted by atomic mass is 10.1. The number of alkyl halides is 3. The maximum Gasteiger partial charge on any atom is 0.417 e. The van der Waals surface area contributed by atoms with Crippen molar-refractivity contribution in [2.45, 2.75) is 37.8 Å². The molecule has 0 radical (unpaired) electrons. The Labute approximate surface area is 215 Å². The second-order valence-electron chi connectivity index (χ2n) is 8.88. The van der Waals surface area contributed by atoms with Crippen molar-refractivity contribution >= 4 is 17.5 Å². The van der Waals surface area contributed by atoms with Gasteiger partial charge in [0.15, 0.2) is 11.5 Å². The molecule has 3 aromatic rings. The Morgan fingerprint density at radius 1 is 1.13 bits per heavy atom. The van der Waals surface area contributed by atoms with Crippen LogP contribution in [-0.2, 0) is 22.3 Å². The number of anilines is 1. The Balaban J connectivity index is 1.12. The number of halogens is 3. The third-order valence-corrected chi connectivity index (χ3v) is 6.08. The molecule has 1 aromatic carbocycles. The smallest absolute Gasteiger partial charge is 0.417 e. The van der Waals surface area contributed by atoms with E-state index in [1.807, 2.05) is 6.07 Å². The Morgan fingerprint density at radius 2 is 1.95 bits per heavy atom. The summed E-state index contributed by atoms with van der Waals surface area (Å²) in [6.45, 7) is 0.796. The second kappa shape index (κ2) is 10.6. The number of hydrogen-bond acceptors (Lipinski definition) is 7. The van der Waals surface area contributed by atoms with Crippen LogP contribution in [0.5, 0.6) is 17.4 Å². The highest BCUT2D eigenvalue weighted by molar-refractivity contribution is 5.94. The summed E-state index contributed by atoms with van der Waals surface area (Å²) in [5.41, 5.74) is -0.455. The van der Waals surface area contributed by atoms with E-state index in [1.54, 1.807) is 23.1 Å². The SMILES string of the molecule is O=C(Nc1cnn(CC(=O)N2CCC[C@H](Oc3ccc(C(F)(F)F)cn3)C2)c1)[C@H]1COc2ccccc2O1. The molecule has 0 saturated carbocycles. The lowest BCUT2D eigenvalue weighted by Gasteiger charge is -2.32. The summed E-state index contributed by atoms with van der Waals surface area (Å²) in [6, 6.07) is 9.15. The maximum absolute atomic E-state index is 12.9. The number of rotatable bonds is 6. The summed E-state index contributed by atoms with van der Waals surface area (Å²) < 4.78 is 56.6. The van der Waals surface area contributed by atoms with Crippen molar-refractivity contribution in [1.29, 1.82) is 0 Å². The lowest BCUT2D eigenvalue weighted by Crippen LogP contribution is -2.45. The number of piperidine rings is 1. The zero-order valence-corrected chi connectivity index (χ0v) is 20.1. The van der Waals surface area contributed by atoms with Crippen LogP contribution in [0.1, 0.15) is 18.4 Å². The second-order valence-corrected chi connectivity index (χ2v) is 8.88. The highest BCUT2D eigenvalue weighted by atomic mass is 19.4. The molecule has 2 amide bonds. The van der Waals surface area contributed by atoms with Crippen molar-refractivity contribution in [2.75, 3.05) is 25.0 Å². The summed E-state index contributed by atoms with van der Waals surface area (Å²) in [4.78, 5) is 30.8. The van der Waals surface area contributed by atoms with Crippen LogP contribution in [0.15, 0.2) is 55.0 Å². The third-order valence-electron chi connectivity index (χ3n) is 6.08. The minimum atomic E-state index is -4.47. The Bertz CT molecular complexity index is 1300. The van der Waals surface area contributed by atoms with Crippen molar-refractivity contribution in [3.63, 3.8) is 0 Å². The van der Waals surface area contributed by atoms with Crippen LogP contribution < -0.4 is 19.5 Å². The molecule has 0 spiro atoms. The molecule has 13 heteroatoms. The third kappa shape index (κ3) is 5.98. The van der Waals surface area contributed by atoms with Crippen molar-refractivity contribution in [3.05, 3.63) is 60.6 Å². The van der Waals surface area contributed by atoms with Gasteiger partial charge in [-0.1, -0.05) is 12.1 Å². The molecule has 2 aliphatic heterocycles. The largest absolute Gasteiger partial charge is 0.485 e. The summed E-state index contributed by atoms with van der Waals surface area (Å²) >= 11 is 0. The summed E-state index contributed by atoms with van der Waals surface area (Å²) in [5, 5.41) is 6.86. The first-order chi connectivity index (χ1) is 18.2. The number of likely N-dealkylation sites (tertiary alicyclic amines) is 1. The average Bonchev–Trinajstić information content (AvgIpc) is 3.34. The van der Waals surface area contributed by atoms with Gasteiger partial charge in [0, 0.05) is 25.0 Å². The molecule has 2 aromatic heterocycles. The Morgan fingerprint density at radius 3 is 2.71 bits per heavy atom. The molecular formula is C25H24F3N5O5. The molecule has 38 heavy (non-hydrogen) atoms. The van der Waals surface area contributed by atoms with E-state index in [9.17, 15) is 22.8 Å². The van der Waals surface area contributed by atoms with E-state index in [-0.39, 0.29) is 31.5 Å². The number of amides is 2. The number of aromatic nitrogens is 3. The van der Waals surface area contributed by atoms with Crippen LogP contribution in [0.2, 0.25) is 0 Å². The number of pyridine rings is 1. The van der Waals surface area contributed by atoms with Gasteiger partial charge >= 0.3 is 6.18 Å². The molecule has 10 nitrogen and oxygen atoms in total. The predicted octanol–water partition coefficient (Wildman–Crippen LogP) is 3.15. The van der Waals surface area contributed by atoms with E-state index < -0.39 is 29.9 Å². The van der Waals surface area contributed by atoms with Gasteiger partial charge in [-0.3, -0.25) is 14.3 Å². The van der Waals surface area contributed by atoms with Gasteiger partial charge in [0.1, 0.15) is 19.3 Å². The number of hydrogen-bond donors (Lipinski definition) is 1. The number of fused-ring (bicyclic) bond motifs is 1. The van der Waals surface area contributed by atoms with Gasteiger partial charge in [-0.05, 0) is 31.0 Å². The molecule has 0 aliphatic carbocycles. The number of ether oxygens (including phenoxy) is 3. The topological polar surface area (TPSA) is 108 Å². The Hall–Kier alpha value is -4.29. The van der Waals surface area contributed by atoms with Gasteiger partial charge < -0.3 is 24.4 Å². The number of benzene rings is 1. The van der Waals surface area contributed by atoms with Crippen molar-refractivity contribution in [2.24, 2.45) is 0 Å². The average molecular weight is 531 g/mol. The van der Waals surface area contributed by atoms with Crippen LogP contribution in [0.3, 0.4) is 0 Å². The normalized spacial score (nSPS) is 19.1. The molecule has 1 N–H and O–H groups in total. The van der Waals surface area contributed by atoms with Crippen molar-refractivity contribution < 1.29 is 37.0 Å². The summed E-state index contributed by atoms with van der Waals surface area (Å²) in [7, 11) is 0. The van der Waals surface area contributed by atoms with Gasteiger partial charge in [-0.15, -0.1) is 0 Å². The van der Waals surface area contributed by atoms with Crippen LogP contribution >= 0.6 is 0 Å². The first kappa shape index (κ1) is 25.4. The number of nitrogens with zero attached hydrogens (tertiary/aromatic N) is 4. The number of carbonyl (C=O) groups is 2. The molecule has 4 heterocycles. The Kier molecular flexibility index (Phi) is 7.07. The van der Waals surface area contributed by atoms with Crippen LogP contribution in [0.25, 0.3) is 0 Å². The van der Waals surface area contributed by atoms with Crippen LogP contribution in [0.4, 0.5) is 18.9 Å². The van der Waals surface area contributed by atoms with E-state index in [1.165, 1.54) is 23.1 Å². The van der Waals surface area contributed by atoms with Gasteiger partial charge in [0.25, 0.3) is 5.91 Å². The molecule has 1 saturated heterocycles. The van der Waals surface area contributed by atoms with Gasteiger partial charge in [-0.25, -0.2) is 4.98 Å². The fourth-order valence-corrected chi connectivity index (χ4v) is 4.17. The first-order valence-electron chi connectivity index (χ1n) is 11.9. The quantitative estimate of drug-likeness (QED) is 0.521. The number of carbonyl (C=O) groups excluding carboxylic acids is 2. The predicted molar refractivity (Wildman–Crippen MR) is 127 cm³/mol. The van der Waals surface area contributed by atoms with Crippen molar-refractivity contribution in [3.8, 4) is 17.4 Å². The van der Waals surface area contributed by atoms with E-state index >= 15 is 0 Å². The highest BCUT2D eigenvalue weighted by Gasteiger charge is 2.31. The van der Waals surface area contributed by atoms with Crippen LogP contribution in [-0.4, -0.2) is 63.4 Å². The molecule has 0 unspecified atom stereocenters. The minimum absolute atomic E-state index is 0.0580. The fourth-order valence-electron chi connectivity index (χ4n) is 4.17. The monoisotopic (exact) mass is 531 g/mol. The molecule has 1 fully saturated rings. The molecule has 2 atom stereocenters. The van der Waals surface area contributed by atoms with Gasteiger partial charge in [-0.2, -0.15) is 18.3 Å². The molecule has 0 bridgehead atoms. The maximum atomic E-state index is 12.9. The molecular weight excluding hydrogens is 507 g/mol. The fraction of sp³-hybridized carbons (Fsp3) is 0.360. The number of para-hydroxylation sites is 2. The van der Waals surface area contributed by atoms with E-state index in [0.717, 1.165) is 12.3 Å². The minimum Gasteiger partial charge on any atom is -0.485 e. The standard InChI is InChI=1S/C25H24F3N5O5/c26-25(27,28)16-7-8-22(29-10-16)37-18-4-3-9-32(13-18)23(34)14-33-12-17(11-30-33)31-24(35)21-15-36-19-5-1-2-6-20(19)38-21/h1-2,5-8,10-12,18,21H,3-4,9,13-15H2,(H,31,35)/t18-,21+/m0/s1. The van der Waals surface area contributed by atoms with E-state index in [4.69, 9.17) is 14.2 Å². The zero-order chi connectivity index (χ0) is 26.7. The van der Waals surface area contributed by atoms with Crippen LogP contribution in [0, 0.1) is 0 Å². The van der Waals surface area contributed by atoms with Gasteiger partial charge in [0.2, 0.25) is 17.9 Å². The lowest BCUT2D eigenvalue weighted by molar-refractivity contribution is -0.138. The molecule has 200 valence electrons. The van der Waals surface area contributed by atoms with E-state index in [2.05, 4.69) is 15.4 Å². The van der Waals surface area contributed by atoms with Gasteiger partial charge in [0.05, 0.1) is 24.0 Å². The zero-order valence-electron chi connectivity index (χ0n) is 20.1. The van der Waals surface area contributed by atoms with Crippen molar-refractivity contribution in [1.82, 2.24) is 19.7 Å². The highest BCUT2D eigenvalue weighted by Crippen LogP contribution is 2.31. The molecule has 5 rings (SSSR count). The summed E-state index contributed by atoms with van der Waals surface area (Å²) in [5.74, 6) is 0.515.